The predicted octanol–water partition coefficient (Wildman–Crippen LogP) is 4.29. The minimum absolute atomic E-state index is 0.0265. The molecule has 1 amide bonds. The highest BCUT2D eigenvalue weighted by Crippen LogP contribution is 2.25. The molecule has 1 N–H and O–H groups in total. The summed E-state index contributed by atoms with van der Waals surface area (Å²) in [5.74, 6) is 0.926. The lowest BCUT2D eigenvalue weighted by Crippen LogP contribution is -2.43. The topological polar surface area (TPSA) is 58.1 Å². The average Bonchev–Trinajstić information content (AvgIpc) is 2.78. The third-order valence-electron chi connectivity index (χ3n) is 5.74. The normalized spacial score (nSPS) is 16.3. The maximum atomic E-state index is 12.7. The zero-order chi connectivity index (χ0) is 20.9. The van der Waals surface area contributed by atoms with Crippen LogP contribution in [0.25, 0.3) is 11.3 Å². The largest absolute Gasteiger partial charge is 0.354 e. The quantitative estimate of drug-likeness (QED) is 0.694. The molecule has 1 atom stereocenters. The fraction of sp³-hybridized carbons (Fsp3) is 0.320. The van der Waals surface area contributed by atoms with Crippen LogP contribution in [0.4, 0.5) is 5.82 Å². The van der Waals surface area contributed by atoms with Gasteiger partial charge in [-0.25, -0.2) is 0 Å². The van der Waals surface area contributed by atoms with Crippen molar-refractivity contribution < 1.29 is 4.79 Å². The van der Waals surface area contributed by atoms with Crippen molar-refractivity contribution in [2.45, 2.75) is 33.2 Å². The summed E-state index contributed by atoms with van der Waals surface area (Å²) < 4.78 is 0. The molecular formula is C25H28N4O. The number of anilines is 1. The van der Waals surface area contributed by atoms with Crippen LogP contribution >= 0.6 is 0 Å². The number of piperidine rings is 1. The van der Waals surface area contributed by atoms with E-state index in [1.54, 1.807) is 0 Å². The van der Waals surface area contributed by atoms with Gasteiger partial charge in [-0.3, -0.25) is 4.79 Å². The number of nitrogens with zero attached hydrogens (tertiary/aromatic N) is 3. The van der Waals surface area contributed by atoms with E-state index in [9.17, 15) is 4.79 Å². The van der Waals surface area contributed by atoms with Crippen LogP contribution in [0.15, 0.2) is 60.7 Å². The predicted molar refractivity (Wildman–Crippen MR) is 120 cm³/mol. The zero-order valence-corrected chi connectivity index (χ0v) is 17.6. The van der Waals surface area contributed by atoms with Gasteiger partial charge in [-0.15, -0.1) is 10.2 Å². The second-order valence-electron chi connectivity index (χ2n) is 8.08. The number of carbonyl (C=O) groups excluding carboxylic acids is 1. The summed E-state index contributed by atoms with van der Waals surface area (Å²) in [6.07, 6.45) is 1.88. The van der Waals surface area contributed by atoms with E-state index >= 15 is 0 Å². The number of rotatable bonds is 5. The molecule has 4 rings (SSSR count). The minimum Gasteiger partial charge on any atom is -0.354 e. The van der Waals surface area contributed by atoms with Gasteiger partial charge in [-0.1, -0.05) is 54.1 Å². The fourth-order valence-electron chi connectivity index (χ4n) is 4.05. The number of hydrogen-bond donors (Lipinski definition) is 1. The molecule has 0 unspecified atom stereocenters. The lowest BCUT2D eigenvalue weighted by molar-refractivity contribution is -0.125. The van der Waals surface area contributed by atoms with Gasteiger partial charge >= 0.3 is 0 Å². The van der Waals surface area contributed by atoms with Crippen molar-refractivity contribution in [3.8, 4) is 11.3 Å². The molecule has 2 heterocycles. The molecule has 0 saturated carbocycles. The van der Waals surface area contributed by atoms with Crippen molar-refractivity contribution >= 4 is 11.7 Å². The Morgan fingerprint density at radius 2 is 1.93 bits per heavy atom. The Hall–Kier alpha value is -3.21. The Balaban J connectivity index is 1.38. The molecule has 1 aliphatic rings. The van der Waals surface area contributed by atoms with Crippen molar-refractivity contribution in [2.24, 2.45) is 5.92 Å². The summed E-state index contributed by atoms with van der Waals surface area (Å²) >= 11 is 0. The first-order valence-corrected chi connectivity index (χ1v) is 10.6. The molecule has 0 radical (unpaired) electrons. The molecule has 0 bridgehead atoms. The molecule has 1 saturated heterocycles. The van der Waals surface area contributed by atoms with Crippen LogP contribution in [0.1, 0.15) is 29.5 Å². The zero-order valence-electron chi connectivity index (χ0n) is 17.6. The summed E-state index contributed by atoms with van der Waals surface area (Å²) in [7, 11) is 0. The first-order chi connectivity index (χ1) is 14.6. The molecule has 1 aromatic heterocycles. The summed E-state index contributed by atoms with van der Waals surface area (Å²) in [6.45, 7) is 6.30. The monoisotopic (exact) mass is 400 g/mol. The van der Waals surface area contributed by atoms with Gasteiger partial charge in [0, 0.05) is 25.2 Å². The van der Waals surface area contributed by atoms with E-state index in [2.05, 4.69) is 58.5 Å². The van der Waals surface area contributed by atoms with E-state index in [0.717, 1.165) is 42.0 Å². The second kappa shape index (κ2) is 9.08. The molecule has 5 heteroatoms. The molecular weight excluding hydrogens is 372 g/mol. The molecule has 3 aromatic rings. The molecule has 0 spiro atoms. The Morgan fingerprint density at radius 1 is 1.07 bits per heavy atom. The van der Waals surface area contributed by atoms with E-state index in [1.807, 2.05) is 36.4 Å². The van der Waals surface area contributed by atoms with Gasteiger partial charge in [0.25, 0.3) is 0 Å². The van der Waals surface area contributed by atoms with Gasteiger partial charge in [-0.2, -0.15) is 0 Å². The van der Waals surface area contributed by atoms with Gasteiger partial charge in [0.1, 0.15) is 0 Å². The number of nitrogens with one attached hydrogen (secondary N) is 1. The lowest BCUT2D eigenvalue weighted by Gasteiger charge is -2.32. The number of benzene rings is 2. The number of carbonyl (C=O) groups is 1. The van der Waals surface area contributed by atoms with Gasteiger partial charge in [0.2, 0.25) is 5.91 Å². The van der Waals surface area contributed by atoms with Crippen LogP contribution in [0.5, 0.6) is 0 Å². The Morgan fingerprint density at radius 3 is 2.70 bits per heavy atom. The van der Waals surface area contributed by atoms with E-state index in [4.69, 9.17) is 0 Å². The molecule has 1 fully saturated rings. The number of hydrogen-bond acceptors (Lipinski definition) is 4. The van der Waals surface area contributed by atoms with Crippen molar-refractivity contribution in [3.63, 3.8) is 0 Å². The van der Waals surface area contributed by atoms with E-state index in [-0.39, 0.29) is 11.8 Å². The van der Waals surface area contributed by atoms with E-state index < -0.39 is 0 Å². The smallest absolute Gasteiger partial charge is 0.225 e. The number of aryl methyl sites for hydroxylation is 2. The van der Waals surface area contributed by atoms with Crippen LogP contribution in [0.2, 0.25) is 0 Å². The van der Waals surface area contributed by atoms with Crippen molar-refractivity contribution in [3.05, 3.63) is 77.4 Å². The molecule has 0 aliphatic carbocycles. The highest BCUT2D eigenvalue weighted by Gasteiger charge is 2.26. The Bertz CT molecular complexity index is 1020. The molecule has 5 nitrogen and oxygen atoms in total. The summed E-state index contributed by atoms with van der Waals surface area (Å²) in [6, 6.07) is 20.5. The minimum atomic E-state index is -0.0265. The lowest BCUT2D eigenvalue weighted by atomic mass is 9.97. The Kier molecular flexibility index (Phi) is 6.07. The highest BCUT2D eigenvalue weighted by molar-refractivity contribution is 5.79. The molecule has 1 aliphatic heterocycles. The van der Waals surface area contributed by atoms with Gasteiger partial charge in [-0.05, 0) is 49.9 Å². The van der Waals surface area contributed by atoms with Crippen LogP contribution in [-0.2, 0) is 11.3 Å². The summed E-state index contributed by atoms with van der Waals surface area (Å²) in [5, 5.41) is 12.0. The maximum Gasteiger partial charge on any atom is 0.225 e. The van der Waals surface area contributed by atoms with Gasteiger partial charge < -0.3 is 10.2 Å². The summed E-state index contributed by atoms with van der Waals surface area (Å²) in [5.41, 5.74) is 5.50. The second-order valence-corrected chi connectivity index (χ2v) is 8.08. The molecule has 154 valence electrons. The maximum absolute atomic E-state index is 12.7. The van der Waals surface area contributed by atoms with Gasteiger partial charge in [0.15, 0.2) is 5.82 Å². The third-order valence-corrected chi connectivity index (χ3v) is 5.74. The van der Waals surface area contributed by atoms with Crippen molar-refractivity contribution in [1.29, 1.82) is 0 Å². The highest BCUT2D eigenvalue weighted by atomic mass is 16.1. The van der Waals surface area contributed by atoms with Crippen LogP contribution in [-0.4, -0.2) is 29.2 Å². The fourth-order valence-corrected chi connectivity index (χ4v) is 4.05. The van der Waals surface area contributed by atoms with Crippen LogP contribution in [0, 0.1) is 19.8 Å². The Labute approximate surface area is 178 Å². The first kappa shape index (κ1) is 20.1. The van der Waals surface area contributed by atoms with Crippen molar-refractivity contribution in [1.82, 2.24) is 15.5 Å². The first-order valence-electron chi connectivity index (χ1n) is 10.6. The molecule has 30 heavy (non-hydrogen) atoms. The average molecular weight is 401 g/mol. The SMILES string of the molecule is Cc1cccc(CNC(=O)[C@H]2CCCN(c3ccc(-c4ccccc4C)nn3)C2)c1. The van der Waals surface area contributed by atoms with Gasteiger partial charge in [0.05, 0.1) is 11.6 Å². The van der Waals surface area contributed by atoms with Crippen molar-refractivity contribution in [2.75, 3.05) is 18.0 Å². The van der Waals surface area contributed by atoms with Crippen LogP contribution in [0.3, 0.4) is 0 Å². The third kappa shape index (κ3) is 4.67. The summed E-state index contributed by atoms with van der Waals surface area (Å²) in [4.78, 5) is 14.9. The van der Waals surface area contributed by atoms with E-state index in [1.165, 1.54) is 11.1 Å². The number of aromatic nitrogens is 2. The van der Waals surface area contributed by atoms with Crippen LogP contribution < -0.4 is 10.2 Å². The standard InChI is InChI=1S/C25H28N4O/c1-18-7-5-9-20(15-18)16-26-25(30)21-10-6-14-29(17-21)24-13-12-23(27-28-24)22-11-4-3-8-19(22)2/h3-5,7-9,11-13,15,21H,6,10,14,16-17H2,1-2H3,(H,26,30)/t21-/m0/s1. The number of amides is 1. The molecule has 2 aromatic carbocycles. The van der Waals surface area contributed by atoms with E-state index in [0.29, 0.717) is 13.1 Å².